The molecule has 1 fully saturated rings. The van der Waals surface area contributed by atoms with E-state index in [4.69, 9.17) is 0 Å². The molecule has 0 spiro atoms. The van der Waals surface area contributed by atoms with Crippen LogP contribution >= 0.6 is 0 Å². The molecule has 0 unspecified atom stereocenters. The van der Waals surface area contributed by atoms with Gasteiger partial charge in [0, 0.05) is 18.7 Å². The average Bonchev–Trinajstić information content (AvgIpc) is 2.71. The summed E-state index contributed by atoms with van der Waals surface area (Å²) >= 11 is 0. The third kappa shape index (κ3) is 3.32. The summed E-state index contributed by atoms with van der Waals surface area (Å²) in [5, 5.41) is 6.54. The van der Waals surface area contributed by atoms with Crippen molar-refractivity contribution in [2.45, 2.75) is 57.8 Å². The lowest BCUT2D eigenvalue weighted by atomic mass is 9.91. The zero-order valence-corrected chi connectivity index (χ0v) is 11.5. The molecule has 7 heteroatoms. The fraction of sp³-hybridized carbons (Fsp3) is 0.692. The van der Waals surface area contributed by atoms with Gasteiger partial charge in [-0.05, 0) is 38.7 Å². The maximum atomic E-state index is 12.6. The second-order valence-corrected chi connectivity index (χ2v) is 5.32. The van der Waals surface area contributed by atoms with Crippen molar-refractivity contribution < 1.29 is 18.0 Å². The Labute approximate surface area is 115 Å². The molecule has 1 aromatic heterocycles. The molecule has 0 aliphatic heterocycles. The second kappa shape index (κ2) is 5.46. The molecule has 1 aromatic rings. The van der Waals surface area contributed by atoms with Crippen LogP contribution < -0.4 is 5.32 Å². The highest BCUT2D eigenvalue weighted by Crippen LogP contribution is 2.33. The maximum Gasteiger partial charge on any atom is 0.435 e. The summed E-state index contributed by atoms with van der Waals surface area (Å²) in [5.41, 5.74) is -0.306. The van der Waals surface area contributed by atoms with Crippen LogP contribution in [-0.4, -0.2) is 21.7 Å². The van der Waals surface area contributed by atoms with Gasteiger partial charge in [0.05, 0.1) is 6.04 Å². The molecule has 1 saturated carbocycles. The minimum atomic E-state index is -4.40. The standard InChI is InChI=1S/C13H18F3N3O/c1-8-7-12(13(14,15)16)18-19(8)11-5-3-10(4-6-11)17-9(2)20/h7,10-11H,3-6H2,1-2H3,(H,17,20). The average molecular weight is 289 g/mol. The monoisotopic (exact) mass is 289 g/mol. The van der Waals surface area contributed by atoms with E-state index in [1.54, 1.807) is 6.92 Å². The third-order valence-electron chi connectivity index (χ3n) is 3.66. The Balaban J connectivity index is 2.04. The van der Waals surface area contributed by atoms with E-state index in [1.807, 2.05) is 0 Å². The number of aromatic nitrogens is 2. The Morgan fingerprint density at radius 2 is 1.95 bits per heavy atom. The van der Waals surface area contributed by atoms with Crippen LogP contribution in [0.5, 0.6) is 0 Å². The molecular weight excluding hydrogens is 271 g/mol. The number of hydrogen-bond acceptors (Lipinski definition) is 2. The number of carbonyl (C=O) groups is 1. The van der Waals surface area contributed by atoms with Gasteiger partial charge in [0.25, 0.3) is 0 Å². The summed E-state index contributed by atoms with van der Waals surface area (Å²) in [5.74, 6) is -0.0666. The fourth-order valence-electron chi connectivity index (χ4n) is 2.75. The van der Waals surface area contributed by atoms with E-state index in [-0.39, 0.29) is 18.0 Å². The van der Waals surface area contributed by atoms with Gasteiger partial charge in [0.15, 0.2) is 5.69 Å². The van der Waals surface area contributed by atoms with Gasteiger partial charge < -0.3 is 5.32 Å². The van der Waals surface area contributed by atoms with E-state index in [1.165, 1.54) is 11.6 Å². The van der Waals surface area contributed by atoms with E-state index in [0.29, 0.717) is 5.69 Å². The molecule has 0 aromatic carbocycles. The number of aryl methyl sites for hydroxylation is 1. The Hall–Kier alpha value is -1.53. The summed E-state index contributed by atoms with van der Waals surface area (Å²) in [4.78, 5) is 11.0. The lowest BCUT2D eigenvalue weighted by Crippen LogP contribution is -2.36. The largest absolute Gasteiger partial charge is 0.435 e. The first-order valence-electron chi connectivity index (χ1n) is 6.68. The molecule has 0 radical (unpaired) electrons. The van der Waals surface area contributed by atoms with Crippen LogP contribution in [-0.2, 0) is 11.0 Å². The molecule has 0 bridgehead atoms. The van der Waals surface area contributed by atoms with Crippen molar-refractivity contribution in [3.8, 4) is 0 Å². The SMILES string of the molecule is CC(=O)NC1CCC(n2nc(C(F)(F)F)cc2C)CC1. The Morgan fingerprint density at radius 1 is 1.35 bits per heavy atom. The molecule has 0 saturated heterocycles. The third-order valence-corrected chi connectivity index (χ3v) is 3.66. The number of hydrogen-bond donors (Lipinski definition) is 1. The summed E-state index contributed by atoms with van der Waals surface area (Å²) in [6.45, 7) is 3.11. The molecule has 1 amide bonds. The van der Waals surface area contributed by atoms with Crippen LogP contribution in [0, 0.1) is 6.92 Å². The maximum absolute atomic E-state index is 12.6. The van der Waals surface area contributed by atoms with Crippen molar-refractivity contribution in [2.24, 2.45) is 0 Å². The van der Waals surface area contributed by atoms with Crippen molar-refractivity contribution in [2.75, 3.05) is 0 Å². The van der Waals surface area contributed by atoms with Crippen LogP contribution in [0.4, 0.5) is 13.2 Å². The van der Waals surface area contributed by atoms with Crippen LogP contribution in [0.1, 0.15) is 50.0 Å². The van der Waals surface area contributed by atoms with Crippen molar-refractivity contribution in [3.05, 3.63) is 17.5 Å². The van der Waals surface area contributed by atoms with Gasteiger partial charge in [-0.15, -0.1) is 0 Å². The van der Waals surface area contributed by atoms with Crippen molar-refractivity contribution in [3.63, 3.8) is 0 Å². The number of rotatable bonds is 2. The lowest BCUT2D eigenvalue weighted by Gasteiger charge is -2.29. The van der Waals surface area contributed by atoms with Gasteiger partial charge in [-0.1, -0.05) is 0 Å². The Morgan fingerprint density at radius 3 is 2.40 bits per heavy atom. The lowest BCUT2D eigenvalue weighted by molar-refractivity contribution is -0.141. The highest BCUT2D eigenvalue weighted by atomic mass is 19.4. The molecule has 1 heterocycles. The number of alkyl halides is 3. The van der Waals surface area contributed by atoms with Crippen LogP contribution in [0.15, 0.2) is 6.07 Å². The topological polar surface area (TPSA) is 46.9 Å². The minimum Gasteiger partial charge on any atom is -0.354 e. The molecule has 1 N–H and O–H groups in total. The minimum absolute atomic E-state index is 0.0175. The van der Waals surface area contributed by atoms with Crippen LogP contribution in [0.3, 0.4) is 0 Å². The van der Waals surface area contributed by atoms with Gasteiger partial charge in [0.2, 0.25) is 5.91 Å². The molecule has 1 aliphatic rings. The first kappa shape index (κ1) is 14.9. The van der Waals surface area contributed by atoms with E-state index < -0.39 is 11.9 Å². The quantitative estimate of drug-likeness (QED) is 0.910. The van der Waals surface area contributed by atoms with Crippen LogP contribution in [0.2, 0.25) is 0 Å². The second-order valence-electron chi connectivity index (χ2n) is 5.32. The Kier molecular flexibility index (Phi) is 4.06. The zero-order valence-electron chi connectivity index (χ0n) is 11.5. The van der Waals surface area contributed by atoms with E-state index in [9.17, 15) is 18.0 Å². The van der Waals surface area contributed by atoms with Gasteiger partial charge >= 0.3 is 6.18 Å². The first-order chi connectivity index (χ1) is 9.27. The van der Waals surface area contributed by atoms with Gasteiger partial charge in [0.1, 0.15) is 0 Å². The number of nitrogens with one attached hydrogen (secondary N) is 1. The summed E-state index contributed by atoms with van der Waals surface area (Å²) in [6, 6.07) is 1.19. The molecular formula is C13H18F3N3O. The predicted molar refractivity (Wildman–Crippen MR) is 67.1 cm³/mol. The van der Waals surface area contributed by atoms with E-state index in [2.05, 4.69) is 10.4 Å². The zero-order chi connectivity index (χ0) is 14.9. The molecule has 2 rings (SSSR count). The van der Waals surface area contributed by atoms with Crippen LogP contribution in [0.25, 0.3) is 0 Å². The number of amides is 1. The number of carbonyl (C=O) groups excluding carboxylic acids is 1. The van der Waals surface area contributed by atoms with E-state index in [0.717, 1.165) is 31.7 Å². The summed E-state index contributed by atoms with van der Waals surface area (Å²) in [7, 11) is 0. The number of halogens is 3. The molecule has 4 nitrogen and oxygen atoms in total. The highest BCUT2D eigenvalue weighted by Gasteiger charge is 2.35. The van der Waals surface area contributed by atoms with Gasteiger partial charge in [-0.25, -0.2) is 0 Å². The molecule has 20 heavy (non-hydrogen) atoms. The smallest absolute Gasteiger partial charge is 0.354 e. The first-order valence-corrected chi connectivity index (χ1v) is 6.68. The normalized spacial score (nSPS) is 23.6. The molecule has 1 aliphatic carbocycles. The van der Waals surface area contributed by atoms with Gasteiger partial charge in [-0.3, -0.25) is 9.48 Å². The molecule has 0 atom stereocenters. The highest BCUT2D eigenvalue weighted by molar-refractivity contribution is 5.73. The molecule has 112 valence electrons. The summed E-state index contributed by atoms with van der Waals surface area (Å²) < 4.78 is 39.4. The summed E-state index contributed by atoms with van der Waals surface area (Å²) in [6.07, 6.45) is -1.41. The van der Waals surface area contributed by atoms with E-state index >= 15 is 0 Å². The van der Waals surface area contributed by atoms with Crippen molar-refractivity contribution in [1.82, 2.24) is 15.1 Å². The van der Waals surface area contributed by atoms with Crippen molar-refractivity contribution in [1.29, 1.82) is 0 Å². The number of nitrogens with zero attached hydrogens (tertiary/aromatic N) is 2. The van der Waals surface area contributed by atoms with Crippen molar-refractivity contribution >= 4 is 5.91 Å². The van der Waals surface area contributed by atoms with Gasteiger partial charge in [-0.2, -0.15) is 18.3 Å². The fourth-order valence-corrected chi connectivity index (χ4v) is 2.75. The Bertz CT molecular complexity index is 488. The predicted octanol–water partition coefficient (Wildman–Crippen LogP) is 2.83.